The molecule has 0 aliphatic heterocycles. The highest BCUT2D eigenvalue weighted by Gasteiger charge is 2.06. The van der Waals surface area contributed by atoms with Crippen LogP contribution in [0, 0.1) is 5.82 Å². The molecule has 1 N–H and O–H groups in total. The van der Waals surface area contributed by atoms with E-state index in [2.05, 4.69) is 14.7 Å². The molecular weight excluding hydrogens is 227 g/mol. The Balaban J connectivity index is 2.36. The van der Waals surface area contributed by atoms with Gasteiger partial charge in [-0.25, -0.2) is 19.2 Å². The fraction of sp³-hybridized carbons (Fsp3) is 0. The molecule has 1 heterocycles. The number of carboxylic acid groups (broad SMARTS) is 1. The van der Waals surface area contributed by atoms with Crippen molar-refractivity contribution in [2.24, 2.45) is 0 Å². The molecule has 1 aromatic heterocycles. The number of halogens is 1. The number of nitrogens with zero attached hydrogens (tertiary/aromatic N) is 2. The topological polar surface area (TPSA) is 72.3 Å². The third-order valence-electron chi connectivity index (χ3n) is 1.95. The van der Waals surface area contributed by atoms with Gasteiger partial charge in [0.25, 0.3) is 0 Å². The van der Waals surface area contributed by atoms with Gasteiger partial charge in [0.1, 0.15) is 12.1 Å². The fourth-order valence-corrected chi connectivity index (χ4v) is 1.29. The standard InChI is InChI=1S/C11H7FN2O3/c12-8-3-1-2-7(4-8)9-5-10(14-6-13-9)17-11(15)16/h1-6H,(H,15,16). The van der Waals surface area contributed by atoms with Gasteiger partial charge in [-0.2, -0.15) is 0 Å². The van der Waals surface area contributed by atoms with Crippen molar-refractivity contribution >= 4 is 6.16 Å². The van der Waals surface area contributed by atoms with E-state index < -0.39 is 12.0 Å². The Morgan fingerprint density at radius 2 is 2.12 bits per heavy atom. The minimum atomic E-state index is -1.46. The molecule has 0 atom stereocenters. The molecule has 0 aliphatic carbocycles. The largest absolute Gasteiger partial charge is 0.512 e. The first-order chi connectivity index (χ1) is 8.15. The molecule has 2 aromatic rings. The summed E-state index contributed by atoms with van der Waals surface area (Å²) in [5.74, 6) is -0.506. The first-order valence-electron chi connectivity index (χ1n) is 4.64. The zero-order valence-electron chi connectivity index (χ0n) is 8.50. The maximum absolute atomic E-state index is 13.0. The van der Waals surface area contributed by atoms with Gasteiger partial charge in [-0.05, 0) is 12.1 Å². The van der Waals surface area contributed by atoms with Crippen molar-refractivity contribution in [3.8, 4) is 17.1 Å². The van der Waals surface area contributed by atoms with Gasteiger partial charge in [-0.15, -0.1) is 0 Å². The van der Waals surface area contributed by atoms with Crippen LogP contribution in [0.25, 0.3) is 11.3 Å². The van der Waals surface area contributed by atoms with Crippen LogP contribution < -0.4 is 4.74 Å². The van der Waals surface area contributed by atoms with Gasteiger partial charge < -0.3 is 9.84 Å². The van der Waals surface area contributed by atoms with Crippen LogP contribution in [-0.4, -0.2) is 21.2 Å². The van der Waals surface area contributed by atoms with E-state index >= 15 is 0 Å². The summed E-state index contributed by atoms with van der Waals surface area (Å²) in [5, 5.41) is 8.43. The Morgan fingerprint density at radius 1 is 1.29 bits per heavy atom. The number of benzene rings is 1. The highest BCUT2D eigenvalue weighted by atomic mass is 19.1. The lowest BCUT2D eigenvalue weighted by molar-refractivity contribution is 0.142. The van der Waals surface area contributed by atoms with Crippen LogP contribution in [0.5, 0.6) is 5.88 Å². The number of ether oxygens (including phenoxy) is 1. The summed E-state index contributed by atoms with van der Waals surface area (Å²) in [5.41, 5.74) is 0.901. The molecule has 6 heteroatoms. The average Bonchev–Trinajstić information content (AvgIpc) is 2.28. The molecule has 0 saturated carbocycles. The monoisotopic (exact) mass is 234 g/mol. The van der Waals surface area contributed by atoms with E-state index in [9.17, 15) is 9.18 Å². The molecule has 86 valence electrons. The third kappa shape index (κ3) is 2.75. The van der Waals surface area contributed by atoms with Crippen LogP contribution in [0.3, 0.4) is 0 Å². The maximum atomic E-state index is 13.0. The quantitative estimate of drug-likeness (QED) is 0.807. The second-order valence-corrected chi connectivity index (χ2v) is 3.12. The number of carbonyl (C=O) groups is 1. The maximum Gasteiger partial charge on any atom is 0.512 e. The van der Waals surface area contributed by atoms with Gasteiger partial charge in [0.05, 0.1) is 5.69 Å². The van der Waals surface area contributed by atoms with Crippen LogP contribution in [0.4, 0.5) is 9.18 Å². The van der Waals surface area contributed by atoms with Crippen molar-refractivity contribution in [3.05, 3.63) is 42.5 Å². The van der Waals surface area contributed by atoms with Crippen molar-refractivity contribution < 1.29 is 19.0 Å². The SMILES string of the molecule is O=C(O)Oc1cc(-c2cccc(F)c2)ncn1. The molecule has 5 nitrogen and oxygen atoms in total. The Morgan fingerprint density at radius 3 is 2.82 bits per heavy atom. The second kappa shape index (κ2) is 4.56. The molecule has 17 heavy (non-hydrogen) atoms. The minimum absolute atomic E-state index is 0.105. The van der Waals surface area contributed by atoms with E-state index in [1.807, 2.05) is 0 Å². The summed E-state index contributed by atoms with van der Waals surface area (Å²) in [6.07, 6.45) is -0.313. The van der Waals surface area contributed by atoms with Crippen molar-refractivity contribution in [3.63, 3.8) is 0 Å². The molecule has 0 unspecified atom stereocenters. The fourth-order valence-electron chi connectivity index (χ4n) is 1.29. The summed E-state index contributed by atoms with van der Waals surface area (Å²) in [7, 11) is 0. The molecule has 0 saturated heterocycles. The molecule has 0 bridgehead atoms. The van der Waals surface area contributed by atoms with Crippen LogP contribution in [0.15, 0.2) is 36.7 Å². The average molecular weight is 234 g/mol. The normalized spacial score (nSPS) is 9.94. The summed E-state index contributed by atoms with van der Waals surface area (Å²) >= 11 is 0. The highest BCUT2D eigenvalue weighted by molar-refractivity contribution is 5.63. The number of aromatic nitrogens is 2. The predicted molar refractivity (Wildman–Crippen MR) is 56.1 cm³/mol. The molecule has 0 spiro atoms. The van der Waals surface area contributed by atoms with Crippen molar-refractivity contribution in [1.29, 1.82) is 0 Å². The van der Waals surface area contributed by atoms with Crippen molar-refractivity contribution in [2.45, 2.75) is 0 Å². The number of hydrogen-bond donors (Lipinski definition) is 1. The van der Waals surface area contributed by atoms with Gasteiger partial charge in [-0.1, -0.05) is 12.1 Å². The van der Waals surface area contributed by atoms with Crippen LogP contribution in [0.1, 0.15) is 0 Å². The Bertz CT molecular complexity index is 560. The third-order valence-corrected chi connectivity index (χ3v) is 1.95. The Kier molecular flexibility index (Phi) is 2.95. The second-order valence-electron chi connectivity index (χ2n) is 3.12. The van der Waals surface area contributed by atoms with Crippen LogP contribution in [0.2, 0.25) is 0 Å². The van der Waals surface area contributed by atoms with E-state index in [1.165, 1.54) is 24.3 Å². The summed E-state index contributed by atoms with van der Waals surface area (Å²) in [6, 6.07) is 7.09. The lowest BCUT2D eigenvalue weighted by Crippen LogP contribution is -2.04. The first-order valence-corrected chi connectivity index (χ1v) is 4.64. The molecule has 2 rings (SSSR count). The predicted octanol–water partition coefficient (Wildman–Crippen LogP) is 2.34. The van der Waals surface area contributed by atoms with E-state index in [-0.39, 0.29) is 5.88 Å². The lowest BCUT2D eigenvalue weighted by atomic mass is 10.1. The van der Waals surface area contributed by atoms with Gasteiger partial charge in [0.15, 0.2) is 0 Å². The molecule has 1 aromatic carbocycles. The summed E-state index contributed by atoms with van der Waals surface area (Å²) < 4.78 is 17.4. The Labute approximate surface area is 95.5 Å². The van der Waals surface area contributed by atoms with Crippen molar-refractivity contribution in [2.75, 3.05) is 0 Å². The molecule has 0 aliphatic rings. The van der Waals surface area contributed by atoms with E-state index in [4.69, 9.17) is 5.11 Å². The van der Waals surface area contributed by atoms with Crippen LogP contribution >= 0.6 is 0 Å². The van der Waals surface area contributed by atoms with Crippen LogP contribution in [-0.2, 0) is 0 Å². The highest BCUT2D eigenvalue weighted by Crippen LogP contribution is 2.20. The van der Waals surface area contributed by atoms with Crippen molar-refractivity contribution in [1.82, 2.24) is 9.97 Å². The molecule has 0 radical (unpaired) electrons. The van der Waals surface area contributed by atoms with E-state index in [1.54, 1.807) is 6.07 Å². The zero-order chi connectivity index (χ0) is 12.3. The first kappa shape index (κ1) is 11.0. The van der Waals surface area contributed by atoms with Gasteiger partial charge in [0.2, 0.25) is 5.88 Å². The zero-order valence-corrected chi connectivity index (χ0v) is 8.50. The van der Waals surface area contributed by atoms with E-state index in [0.717, 1.165) is 6.33 Å². The van der Waals surface area contributed by atoms with Gasteiger partial charge in [0, 0.05) is 11.6 Å². The minimum Gasteiger partial charge on any atom is -0.449 e. The smallest absolute Gasteiger partial charge is 0.449 e. The van der Waals surface area contributed by atoms with E-state index in [0.29, 0.717) is 11.3 Å². The Hall–Kier alpha value is -2.50. The molecule has 0 amide bonds. The number of hydrogen-bond acceptors (Lipinski definition) is 4. The summed E-state index contributed by atoms with van der Waals surface area (Å²) in [6.45, 7) is 0. The lowest BCUT2D eigenvalue weighted by Gasteiger charge is -2.02. The number of rotatable bonds is 2. The summed E-state index contributed by atoms with van der Waals surface area (Å²) in [4.78, 5) is 17.9. The van der Waals surface area contributed by atoms with Gasteiger partial charge in [-0.3, -0.25) is 0 Å². The van der Waals surface area contributed by atoms with Gasteiger partial charge >= 0.3 is 6.16 Å². The molecule has 0 fully saturated rings. The molecular formula is C11H7FN2O3.